The summed E-state index contributed by atoms with van der Waals surface area (Å²) in [7, 11) is 0.251. The molecule has 0 saturated heterocycles. The second kappa shape index (κ2) is 8.44. The molecule has 1 amide bonds. The Labute approximate surface area is 160 Å². The molecule has 150 valence electrons. The zero-order valence-corrected chi connectivity index (χ0v) is 16.0. The van der Waals surface area contributed by atoms with Gasteiger partial charge in [-0.2, -0.15) is 0 Å². The third-order valence-corrected chi connectivity index (χ3v) is 5.50. The first-order valence-corrected chi connectivity index (χ1v) is 9.25. The molecule has 2 rings (SSSR count). The van der Waals surface area contributed by atoms with Crippen LogP contribution in [0.2, 0.25) is 0 Å². The molecule has 2 aromatic carbocycles. The molecule has 6 nitrogen and oxygen atoms in total. The zero-order valence-electron chi connectivity index (χ0n) is 15.2. The lowest BCUT2D eigenvalue weighted by atomic mass is 10.2. The van der Waals surface area contributed by atoms with E-state index in [-0.39, 0.29) is 10.6 Å². The van der Waals surface area contributed by atoms with E-state index in [9.17, 15) is 26.4 Å². The molecule has 2 aromatic rings. The molecular formula is C18H17F3N2O4S. The van der Waals surface area contributed by atoms with Crippen LogP contribution in [-0.2, 0) is 14.8 Å². The van der Waals surface area contributed by atoms with E-state index >= 15 is 0 Å². The number of anilines is 1. The van der Waals surface area contributed by atoms with Crippen molar-refractivity contribution in [2.75, 3.05) is 26.5 Å². The average molecular weight is 414 g/mol. The molecule has 0 aliphatic rings. The van der Waals surface area contributed by atoms with Crippen LogP contribution in [0, 0.1) is 17.5 Å². The number of rotatable bonds is 6. The number of hydrogen-bond donors (Lipinski definition) is 1. The Kier molecular flexibility index (Phi) is 6.47. The minimum absolute atomic E-state index is 0.103. The van der Waals surface area contributed by atoms with Gasteiger partial charge in [0, 0.05) is 20.2 Å². The van der Waals surface area contributed by atoms with Crippen LogP contribution in [0.4, 0.5) is 18.9 Å². The molecule has 0 fully saturated rings. The first-order valence-electron chi connectivity index (χ1n) is 7.81. The second-order valence-electron chi connectivity index (χ2n) is 5.74. The molecule has 0 aliphatic heterocycles. The Morgan fingerprint density at radius 1 is 1.11 bits per heavy atom. The largest absolute Gasteiger partial charge is 0.495 e. The van der Waals surface area contributed by atoms with E-state index in [0.717, 1.165) is 16.4 Å². The number of sulfonamides is 1. The van der Waals surface area contributed by atoms with Gasteiger partial charge in [0.05, 0.1) is 12.8 Å². The summed E-state index contributed by atoms with van der Waals surface area (Å²) in [5, 5.41) is 2.08. The van der Waals surface area contributed by atoms with Crippen LogP contribution in [0.1, 0.15) is 5.56 Å². The average Bonchev–Trinajstić information content (AvgIpc) is 2.66. The normalized spacial score (nSPS) is 11.8. The van der Waals surface area contributed by atoms with Crippen LogP contribution < -0.4 is 10.1 Å². The molecular weight excluding hydrogens is 397 g/mol. The van der Waals surface area contributed by atoms with Crippen molar-refractivity contribution in [2.45, 2.75) is 4.90 Å². The highest BCUT2D eigenvalue weighted by molar-refractivity contribution is 7.89. The van der Waals surface area contributed by atoms with Crippen molar-refractivity contribution in [3.8, 4) is 5.75 Å². The van der Waals surface area contributed by atoms with Gasteiger partial charge in [-0.15, -0.1) is 0 Å². The maximum atomic E-state index is 13.6. The van der Waals surface area contributed by atoms with E-state index in [1.807, 2.05) is 0 Å². The van der Waals surface area contributed by atoms with E-state index in [2.05, 4.69) is 5.32 Å². The van der Waals surface area contributed by atoms with E-state index in [1.54, 1.807) is 0 Å². The highest BCUT2D eigenvalue weighted by Gasteiger charge is 2.22. The van der Waals surface area contributed by atoms with Crippen molar-refractivity contribution >= 4 is 27.7 Å². The maximum absolute atomic E-state index is 13.6. The maximum Gasteiger partial charge on any atom is 0.248 e. The summed E-state index contributed by atoms with van der Waals surface area (Å²) >= 11 is 0. The van der Waals surface area contributed by atoms with Crippen molar-refractivity contribution < 1.29 is 31.1 Å². The van der Waals surface area contributed by atoms with Crippen LogP contribution in [0.25, 0.3) is 6.08 Å². The lowest BCUT2D eigenvalue weighted by Crippen LogP contribution is -2.22. The van der Waals surface area contributed by atoms with Gasteiger partial charge in [-0.3, -0.25) is 4.79 Å². The SMILES string of the molecule is COc1ccc(/C=C/C(=O)Nc2ccc(F)c(F)c2F)cc1S(=O)(=O)N(C)C. The van der Waals surface area contributed by atoms with Crippen LogP contribution in [0.15, 0.2) is 41.3 Å². The number of amides is 1. The monoisotopic (exact) mass is 414 g/mol. The predicted molar refractivity (Wildman–Crippen MR) is 97.8 cm³/mol. The topological polar surface area (TPSA) is 75.7 Å². The van der Waals surface area contributed by atoms with Crippen molar-refractivity contribution in [2.24, 2.45) is 0 Å². The van der Waals surface area contributed by atoms with Crippen molar-refractivity contribution in [3.05, 3.63) is 59.4 Å². The number of carbonyl (C=O) groups excluding carboxylic acids is 1. The van der Waals surface area contributed by atoms with Gasteiger partial charge in [-0.25, -0.2) is 25.9 Å². The van der Waals surface area contributed by atoms with Gasteiger partial charge in [0.25, 0.3) is 0 Å². The van der Waals surface area contributed by atoms with Gasteiger partial charge in [0.2, 0.25) is 15.9 Å². The molecule has 0 bridgehead atoms. The molecule has 0 radical (unpaired) electrons. The number of benzene rings is 2. The number of hydrogen-bond acceptors (Lipinski definition) is 4. The summed E-state index contributed by atoms with van der Waals surface area (Å²) in [5.41, 5.74) is -0.179. The van der Waals surface area contributed by atoms with Gasteiger partial charge in [0.15, 0.2) is 17.5 Å². The highest BCUT2D eigenvalue weighted by atomic mass is 32.2. The van der Waals surface area contributed by atoms with Gasteiger partial charge in [0.1, 0.15) is 10.6 Å². The number of methoxy groups -OCH3 is 1. The Balaban J connectivity index is 2.27. The fourth-order valence-electron chi connectivity index (χ4n) is 2.16. The van der Waals surface area contributed by atoms with Crippen LogP contribution in [0.3, 0.4) is 0 Å². The summed E-state index contributed by atoms with van der Waals surface area (Å²) in [6, 6.07) is 5.79. The molecule has 0 spiro atoms. The van der Waals surface area contributed by atoms with Gasteiger partial charge in [-0.1, -0.05) is 6.07 Å². The van der Waals surface area contributed by atoms with Gasteiger partial charge in [-0.05, 0) is 35.9 Å². The quantitative estimate of drug-likeness (QED) is 0.583. The number of halogens is 3. The van der Waals surface area contributed by atoms with E-state index < -0.39 is 39.1 Å². The van der Waals surface area contributed by atoms with E-state index in [1.165, 1.54) is 45.5 Å². The van der Waals surface area contributed by atoms with Crippen molar-refractivity contribution in [1.82, 2.24) is 4.31 Å². The second-order valence-corrected chi connectivity index (χ2v) is 7.86. The Morgan fingerprint density at radius 2 is 1.79 bits per heavy atom. The lowest BCUT2D eigenvalue weighted by Gasteiger charge is -2.15. The van der Waals surface area contributed by atoms with E-state index in [0.29, 0.717) is 11.6 Å². The molecule has 10 heteroatoms. The fourth-order valence-corrected chi connectivity index (χ4v) is 3.25. The predicted octanol–water partition coefficient (Wildman–Crippen LogP) is 3.01. The van der Waals surface area contributed by atoms with Crippen LogP contribution in [0.5, 0.6) is 5.75 Å². The summed E-state index contributed by atoms with van der Waals surface area (Å²) in [4.78, 5) is 11.8. The molecule has 1 N–H and O–H groups in total. The standard InChI is InChI=1S/C18H17F3N2O4S/c1-23(2)28(25,26)15-10-11(4-8-14(15)27-3)5-9-16(24)22-13-7-6-12(19)17(20)18(13)21/h4-10H,1-3H3,(H,22,24)/b9-5+. The Morgan fingerprint density at radius 3 is 2.39 bits per heavy atom. The third kappa shape index (κ3) is 4.52. The summed E-state index contributed by atoms with van der Waals surface area (Å²) < 4.78 is 70.5. The molecule has 28 heavy (non-hydrogen) atoms. The summed E-state index contributed by atoms with van der Waals surface area (Å²) in [6.07, 6.45) is 2.27. The molecule has 0 aromatic heterocycles. The molecule has 0 heterocycles. The minimum Gasteiger partial charge on any atom is -0.495 e. The Hall–Kier alpha value is -2.85. The number of nitrogens with zero attached hydrogens (tertiary/aromatic N) is 1. The van der Waals surface area contributed by atoms with Crippen molar-refractivity contribution in [1.29, 1.82) is 0 Å². The summed E-state index contributed by atoms with van der Waals surface area (Å²) in [6.45, 7) is 0. The molecule has 0 atom stereocenters. The first-order chi connectivity index (χ1) is 13.1. The molecule has 0 saturated carbocycles. The Bertz CT molecular complexity index is 1040. The lowest BCUT2D eigenvalue weighted by molar-refractivity contribution is -0.111. The number of carbonyl (C=O) groups is 1. The molecule has 0 aliphatic carbocycles. The highest BCUT2D eigenvalue weighted by Crippen LogP contribution is 2.27. The minimum atomic E-state index is -3.80. The summed E-state index contributed by atoms with van der Waals surface area (Å²) in [5.74, 6) is -5.29. The number of ether oxygens (including phenoxy) is 1. The fraction of sp³-hybridized carbons (Fsp3) is 0.167. The molecule has 0 unspecified atom stereocenters. The van der Waals surface area contributed by atoms with Crippen LogP contribution in [-0.4, -0.2) is 39.8 Å². The van der Waals surface area contributed by atoms with E-state index in [4.69, 9.17) is 4.74 Å². The van der Waals surface area contributed by atoms with Crippen LogP contribution >= 0.6 is 0 Å². The van der Waals surface area contributed by atoms with Crippen molar-refractivity contribution in [3.63, 3.8) is 0 Å². The number of nitrogens with one attached hydrogen (secondary N) is 1. The van der Waals surface area contributed by atoms with Gasteiger partial charge < -0.3 is 10.1 Å². The van der Waals surface area contributed by atoms with Gasteiger partial charge >= 0.3 is 0 Å². The smallest absolute Gasteiger partial charge is 0.248 e. The third-order valence-electron chi connectivity index (χ3n) is 3.67. The first kappa shape index (κ1) is 21.5. The zero-order chi connectivity index (χ0) is 21.1.